The largest absolute Gasteiger partial charge is 0.493 e. The molecule has 0 saturated heterocycles. The molecular formula is C22H26N4O3S. The van der Waals surface area contributed by atoms with Gasteiger partial charge < -0.3 is 10.1 Å². The number of nitrogens with one attached hydrogen (secondary N) is 1. The number of rotatable bonds is 9. The summed E-state index contributed by atoms with van der Waals surface area (Å²) in [5.41, 5.74) is 2.96. The van der Waals surface area contributed by atoms with Gasteiger partial charge in [-0.2, -0.15) is 0 Å². The first kappa shape index (κ1) is 21.6. The van der Waals surface area contributed by atoms with Crippen molar-refractivity contribution in [2.24, 2.45) is 0 Å². The number of anilines is 3. The summed E-state index contributed by atoms with van der Waals surface area (Å²) in [7, 11) is -3.36. The van der Waals surface area contributed by atoms with Crippen molar-refractivity contribution in [2.75, 3.05) is 29.0 Å². The summed E-state index contributed by atoms with van der Waals surface area (Å²) in [6, 6.07) is 16.8. The van der Waals surface area contributed by atoms with Gasteiger partial charge in [-0.15, -0.1) is 0 Å². The fourth-order valence-electron chi connectivity index (χ4n) is 3.11. The Balaban J connectivity index is 1.89. The average Bonchev–Trinajstić information content (AvgIpc) is 2.72. The van der Waals surface area contributed by atoms with E-state index in [9.17, 15) is 8.42 Å². The third-order valence-corrected chi connectivity index (χ3v) is 5.56. The summed E-state index contributed by atoms with van der Waals surface area (Å²) in [6.45, 7) is 4.88. The smallest absolute Gasteiger partial charge is 0.232 e. The van der Waals surface area contributed by atoms with Crippen molar-refractivity contribution >= 4 is 27.2 Å². The number of para-hydroxylation sites is 1. The summed E-state index contributed by atoms with van der Waals surface area (Å²) in [4.78, 5) is 8.68. The molecule has 0 atom stereocenters. The van der Waals surface area contributed by atoms with Crippen LogP contribution in [0, 0.1) is 0 Å². The number of ether oxygens (including phenoxy) is 1. The summed E-state index contributed by atoms with van der Waals surface area (Å²) in [5, 5.41) is 3.24. The molecule has 1 N–H and O–H groups in total. The van der Waals surface area contributed by atoms with Crippen molar-refractivity contribution < 1.29 is 13.2 Å². The van der Waals surface area contributed by atoms with E-state index < -0.39 is 10.0 Å². The van der Waals surface area contributed by atoms with E-state index in [0.29, 0.717) is 24.7 Å². The van der Waals surface area contributed by atoms with Crippen LogP contribution in [0.15, 0.2) is 60.9 Å². The van der Waals surface area contributed by atoms with Gasteiger partial charge in [-0.3, -0.25) is 4.31 Å². The average molecular weight is 427 g/mol. The van der Waals surface area contributed by atoms with Gasteiger partial charge in [0.2, 0.25) is 10.0 Å². The molecule has 0 unspecified atom stereocenters. The van der Waals surface area contributed by atoms with Gasteiger partial charge in [-0.1, -0.05) is 25.1 Å². The molecular weight excluding hydrogens is 400 g/mol. The van der Waals surface area contributed by atoms with E-state index in [4.69, 9.17) is 4.74 Å². The quantitative estimate of drug-likeness (QED) is 0.544. The van der Waals surface area contributed by atoms with Crippen LogP contribution in [0.3, 0.4) is 0 Å². The van der Waals surface area contributed by atoms with Crippen LogP contribution in [0.1, 0.15) is 20.3 Å². The van der Waals surface area contributed by atoms with Crippen molar-refractivity contribution in [1.29, 1.82) is 0 Å². The zero-order valence-electron chi connectivity index (χ0n) is 17.4. The standard InChI is InChI=1S/C22H26N4O3S/c1-4-13-26(30(3,27)28)18-10-8-9-17(14-18)25-22-15-20(23-16-24-22)19-11-6-7-12-21(19)29-5-2/h6-12,14-16H,4-5,13H2,1-3H3,(H,23,24,25). The molecule has 0 saturated carbocycles. The topological polar surface area (TPSA) is 84.4 Å². The van der Waals surface area contributed by atoms with Gasteiger partial charge in [0.1, 0.15) is 17.9 Å². The Morgan fingerprint density at radius 3 is 2.57 bits per heavy atom. The molecule has 0 aliphatic heterocycles. The maximum absolute atomic E-state index is 12.2. The Hall–Kier alpha value is -3.13. The van der Waals surface area contributed by atoms with E-state index in [1.807, 2.05) is 56.3 Å². The number of hydrogen-bond acceptors (Lipinski definition) is 6. The lowest BCUT2D eigenvalue weighted by molar-refractivity contribution is 0.341. The van der Waals surface area contributed by atoms with Crippen molar-refractivity contribution in [1.82, 2.24) is 9.97 Å². The lowest BCUT2D eigenvalue weighted by Crippen LogP contribution is -2.30. The molecule has 0 spiro atoms. The van der Waals surface area contributed by atoms with Gasteiger partial charge in [0.25, 0.3) is 0 Å². The van der Waals surface area contributed by atoms with E-state index in [1.165, 1.54) is 16.9 Å². The summed E-state index contributed by atoms with van der Waals surface area (Å²) in [5.74, 6) is 1.36. The number of nitrogens with zero attached hydrogens (tertiary/aromatic N) is 3. The summed E-state index contributed by atoms with van der Waals surface area (Å²) < 4.78 is 31.4. The van der Waals surface area contributed by atoms with E-state index in [-0.39, 0.29) is 0 Å². The SMILES string of the molecule is CCCN(c1cccc(Nc2cc(-c3ccccc3OCC)ncn2)c1)S(C)(=O)=O. The molecule has 0 radical (unpaired) electrons. The molecule has 30 heavy (non-hydrogen) atoms. The van der Waals surface area contributed by atoms with Crippen LogP contribution in [0.5, 0.6) is 5.75 Å². The number of benzene rings is 2. The van der Waals surface area contributed by atoms with E-state index in [0.717, 1.165) is 29.1 Å². The van der Waals surface area contributed by atoms with Crippen LogP contribution in [0.2, 0.25) is 0 Å². The van der Waals surface area contributed by atoms with E-state index >= 15 is 0 Å². The second kappa shape index (κ2) is 9.58. The minimum Gasteiger partial charge on any atom is -0.493 e. The molecule has 2 aromatic carbocycles. The second-order valence-corrected chi connectivity index (χ2v) is 8.63. The molecule has 0 aliphatic carbocycles. The third-order valence-electron chi connectivity index (χ3n) is 4.36. The Morgan fingerprint density at radius 2 is 1.83 bits per heavy atom. The second-order valence-electron chi connectivity index (χ2n) is 6.73. The normalized spacial score (nSPS) is 11.2. The van der Waals surface area contributed by atoms with Crippen molar-refractivity contribution in [3.63, 3.8) is 0 Å². The first-order valence-electron chi connectivity index (χ1n) is 9.81. The molecule has 158 valence electrons. The summed E-state index contributed by atoms with van der Waals surface area (Å²) in [6.07, 6.45) is 3.43. The molecule has 7 nitrogen and oxygen atoms in total. The van der Waals surface area contributed by atoms with Crippen molar-refractivity contribution in [3.05, 3.63) is 60.9 Å². The number of sulfonamides is 1. The lowest BCUT2D eigenvalue weighted by atomic mass is 10.1. The highest BCUT2D eigenvalue weighted by Crippen LogP contribution is 2.30. The van der Waals surface area contributed by atoms with Crippen LogP contribution >= 0.6 is 0 Å². The molecule has 8 heteroatoms. The Bertz CT molecular complexity index is 1100. The van der Waals surface area contributed by atoms with E-state index in [2.05, 4.69) is 15.3 Å². The fourth-order valence-corrected chi connectivity index (χ4v) is 4.12. The van der Waals surface area contributed by atoms with Gasteiger partial charge in [-0.05, 0) is 43.7 Å². The molecule has 1 heterocycles. The fraction of sp³-hybridized carbons (Fsp3) is 0.273. The van der Waals surface area contributed by atoms with Crippen LogP contribution in [0.25, 0.3) is 11.3 Å². The molecule has 0 amide bonds. The minimum atomic E-state index is -3.36. The predicted octanol–water partition coefficient (Wildman–Crippen LogP) is 4.46. The third kappa shape index (κ3) is 5.27. The van der Waals surface area contributed by atoms with Crippen molar-refractivity contribution in [3.8, 4) is 17.0 Å². The Kier molecular flexibility index (Phi) is 6.89. The summed E-state index contributed by atoms with van der Waals surface area (Å²) >= 11 is 0. The highest BCUT2D eigenvalue weighted by molar-refractivity contribution is 7.92. The highest BCUT2D eigenvalue weighted by atomic mass is 32.2. The minimum absolute atomic E-state index is 0.425. The van der Waals surface area contributed by atoms with E-state index in [1.54, 1.807) is 12.1 Å². The first-order valence-corrected chi connectivity index (χ1v) is 11.7. The van der Waals surface area contributed by atoms with Crippen molar-refractivity contribution in [2.45, 2.75) is 20.3 Å². The van der Waals surface area contributed by atoms with Gasteiger partial charge in [0.15, 0.2) is 0 Å². The maximum Gasteiger partial charge on any atom is 0.232 e. The zero-order chi connectivity index (χ0) is 21.6. The molecule has 0 aliphatic rings. The lowest BCUT2D eigenvalue weighted by Gasteiger charge is -2.22. The molecule has 0 fully saturated rings. The Morgan fingerprint density at radius 1 is 1.03 bits per heavy atom. The maximum atomic E-state index is 12.2. The van der Waals surface area contributed by atoms with Gasteiger partial charge in [0.05, 0.1) is 24.2 Å². The Labute approximate surface area is 177 Å². The zero-order valence-corrected chi connectivity index (χ0v) is 18.2. The molecule has 3 rings (SSSR count). The molecule has 0 bridgehead atoms. The van der Waals surface area contributed by atoms with Crippen LogP contribution in [0.4, 0.5) is 17.2 Å². The molecule has 3 aromatic rings. The molecule has 1 aromatic heterocycles. The number of hydrogen-bond donors (Lipinski definition) is 1. The van der Waals surface area contributed by atoms with Gasteiger partial charge in [-0.25, -0.2) is 18.4 Å². The monoisotopic (exact) mass is 426 g/mol. The number of aromatic nitrogens is 2. The predicted molar refractivity (Wildman–Crippen MR) is 121 cm³/mol. The van der Waals surface area contributed by atoms with Crippen LogP contribution in [-0.2, 0) is 10.0 Å². The first-order chi connectivity index (χ1) is 14.4. The van der Waals surface area contributed by atoms with Crippen LogP contribution < -0.4 is 14.4 Å². The van der Waals surface area contributed by atoms with Gasteiger partial charge >= 0.3 is 0 Å². The van der Waals surface area contributed by atoms with Crippen LogP contribution in [-0.4, -0.2) is 37.8 Å². The van der Waals surface area contributed by atoms with Gasteiger partial charge in [0, 0.05) is 23.9 Å². The highest BCUT2D eigenvalue weighted by Gasteiger charge is 2.16.